The monoisotopic (exact) mass is 287 g/mol. The minimum atomic E-state index is -0.00292. The van der Waals surface area contributed by atoms with Crippen molar-refractivity contribution in [2.45, 2.75) is 6.42 Å². The molecule has 1 aliphatic rings. The lowest BCUT2D eigenvalue weighted by molar-refractivity contribution is -0.120. The number of benzene rings is 1. The number of hydrogen-bond donors (Lipinski definition) is 2. The summed E-state index contributed by atoms with van der Waals surface area (Å²) in [5, 5.41) is 7.77. The van der Waals surface area contributed by atoms with Crippen LogP contribution in [0.3, 0.4) is 0 Å². The van der Waals surface area contributed by atoms with Crippen molar-refractivity contribution >= 4 is 22.5 Å². The number of carbonyl (C=O) groups is 1. The lowest BCUT2D eigenvalue weighted by Gasteiger charge is -2.19. The van der Waals surface area contributed by atoms with Crippen LogP contribution in [0.15, 0.2) is 24.4 Å². The zero-order chi connectivity index (χ0) is 14.7. The molecule has 0 aliphatic carbocycles. The predicted octanol–water partition coefficient (Wildman–Crippen LogP) is 1.55. The molecule has 0 unspecified atom stereocenters. The van der Waals surface area contributed by atoms with Gasteiger partial charge in [-0.25, -0.2) is 4.98 Å². The maximum absolute atomic E-state index is 11.2. The van der Waals surface area contributed by atoms with Crippen molar-refractivity contribution in [3.63, 3.8) is 0 Å². The van der Waals surface area contributed by atoms with E-state index in [4.69, 9.17) is 9.47 Å². The first-order chi connectivity index (χ1) is 10.3. The normalized spacial score (nSPS) is 13.0. The molecule has 1 aromatic carbocycles. The molecule has 0 fully saturated rings. The highest BCUT2D eigenvalue weighted by Gasteiger charge is 2.14. The van der Waals surface area contributed by atoms with Crippen molar-refractivity contribution in [1.29, 1.82) is 0 Å². The molecule has 1 amide bonds. The summed E-state index contributed by atoms with van der Waals surface area (Å²) in [6.07, 6.45) is 2.14. The van der Waals surface area contributed by atoms with Crippen molar-refractivity contribution in [3.05, 3.63) is 24.4 Å². The van der Waals surface area contributed by atoms with Gasteiger partial charge >= 0.3 is 0 Å². The fraction of sp³-hybridized carbons (Fsp3) is 0.333. The summed E-state index contributed by atoms with van der Waals surface area (Å²) in [6.45, 7) is 1.65. The molecule has 0 saturated heterocycles. The number of pyridine rings is 1. The molecule has 2 N–H and O–H groups in total. The molecule has 1 aromatic heterocycles. The number of nitrogens with one attached hydrogen (secondary N) is 2. The molecule has 3 rings (SSSR count). The SMILES string of the molecule is CNC(=O)CCNc1nccc2cc3c(cc12)OCCO3. The van der Waals surface area contributed by atoms with Gasteiger partial charge in [0, 0.05) is 31.6 Å². The Morgan fingerprint density at radius 1 is 1.29 bits per heavy atom. The third-order valence-electron chi connectivity index (χ3n) is 3.35. The second-order valence-electron chi connectivity index (χ2n) is 4.73. The van der Waals surface area contributed by atoms with Gasteiger partial charge in [-0.15, -0.1) is 0 Å². The Morgan fingerprint density at radius 2 is 2.05 bits per heavy atom. The molecule has 2 aromatic rings. The highest BCUT2D eigenvalue weighted by Crippen LogP contribution is 2.36. The van der Waals surface area contributed by atoms with Crippen molar-refractivity contribution in [2.24, 2.45) is 0 Å². The molecule has 1 aliphatic heterocycles. The highest BCUT2D eigenvalue weighted by atomic mass is 16.6. The van der Waals surface area contributed by atoms with Gasteiger partial charge in [0.2, 0.25) is 5.91 Å². The standard InChI is InChI=1S/C15H17N3O3/c1-16-14(19)3-5-18-15-11-9-13-12(20-6-7-21-13)8-10(11)2-4-17-15/h2,4,8-9H,3,5-7H2,1H3,(H,16,19)(H,17,18). The van der Waals surface area contributed by atoms with E-state index < -0.39 is 0 Å². The number of anilines is 1. The summed E-state index contributed by atoms with van der Waals surface area (Å²) >= 11 is 0. The van der Waals surface area contributed by atoms with E-state index in [2.05, 4.69) is 15.6 Å². The Bertz CT molecular complexity index is 673. The number of aromatic nitrogens is 1. The summed E-state index contributed by atoms with van der Waals surface area (Å²) in [7, 11) is 1.63. The van der Waals surface area contributed by atoms with E-state index in [1.807, 2.05) is 18.2 Å². The molecule has 6 nitrogen and oxygen atoms in total. The smallest absolute Gasteiger partial charge is 0.221 e. The van der Waals surface area contributed by atoms with Crippen LogP contribution in [0.4, 0.5) is 5.82 Å². The molecular formula is C15H17N3O3. The first-order valence-corrected chi connectivity index (χ1v) is 6.91. The molecule has 6 heteroatoms. The van der Waals surface area contributed by atoms with E-state index >= 15 is 0 Å². The van der Waals surface area contributed by atoms with Gasteiger partial charge in [0.05, 0.1) is 0 Å². The fourth-order valence-electron chi connectivity index (χ4n) is 2.27. The summed E-state index contributed by atoms with van der Waals surface area (Å²) in [5.74, 6) is 2.23. The van der Waals surface area contributed by atoms with Crippen molar-refractivity contribution in [3.8, 4) is 11.5 Å². The number of carbonyl (C=O) groups excluding carboxylic acids is 1. The van der Waals surface area contributed by atoms with Crippen LogP contribution in [0.1, 0.15) is 6.42 Å². The predicted molar refractivity (Wildman–Crippen MR) is 79.9 cm³/mol. The first-order valence-electron chi connectivity index (χ1n) is 6.91. The van der Waals surface area contributed by atoms with Crippen molar-refractivity contribution in [2.75, 3.05) is 32.1 Å². The van der Waals surface area contributed by atoms with Gasteiger partial charge in [-0.1, -0.05) is 0 Å². The van der Waals surface area contributed by atoms with Crippen LogP contribution < -0.4 is 20.1 Å². The summed E-state index contributed by atoms with van der Waals surface area (Å²) < 4.78 is 11.2. The molecule has 110 valence electrons. The van der Waals surface area contributed by atoms with E-state index in [9.17, 15) is 4.79 Å². The highest BCUT2D eigenvalue weighted by molar-refractivity contribution is 5.94. The van der Waals surface area contributed by atoms with Gasteiger partial charge in [0.25, 0.3) is 0 Å². The largest absolute Gasteiger partial charge is 0.486 e. The van der Waals surface area contributed by atoms with E-state index in [0.29, 0.717) is 26.2 Å². The zero-order valence-corrected chi connectivity index (χ0v) is 11.8. The lowest BCUT2D eigenvalue weighted by Crippen LogP contribution is -2.21. The van der Waals surface area contributed by atoms with Crippen molar-refractivity contribution < 1.29 is 14.3 Å². The molecule has 0 bridgehead atoms. The first kappa shape index (κ1) is 13.5. The summed E-state index contributed by atoms with van der Waals surface area (Å²) in [5.41, 5.74) is 0. The molecule has 2 heterocycles. The Labute approximate surface area is 122 Å². The lowest BCUT2D eigenvalue weighted by atomic mass is 10.1. The van der Waals surface area contributed by atoms with E-state index in [1.54, 1.807) is 13.2 Å². The summed E-state index contributed by atoms with van der Waals surface area (Å²) in [4.78, 5) is 15.6. The van der Waals surface area contributed by atoms with Crippen LogP contribution in [0.5, 0.6) is 11.5 Å². The topological polar surface area (TPSA) is 72.5 Å². The van der Waals surface area contributed by atoms with E-state index in [1.165, 1.54) is 0 Å². The van der Waals surface area contributed by atoms with Gasteiger partial charge in [-0.3, -0.25) is 4.79 Å². The maximum atomic E-state index is 11.2. The number of amides is 1. The number of nitrogens with zero attached hydrogens (tertiary/aromatic N) is 1. The second-order valence-corrected chi connectivity index (χ2v) is 4.73. The Kier molecular flexibility index (Phi) is 3.77. The van der Waals surface area contributed by atoms with Crippen LogP contribution >= 0.6 is 0 Å². The molecule has 0 spiro atoms. The molecule has 0 radical (unpaired) electrons. The second kappa shape index (κ2) is 5.87. The number of fused-ring (bicyclic) bond motifs is 2. The molecule has 21 heavy (non-hydrogen) atoms. The third kappa shape index (κ3) is 2.84. The van der Waals surface area contributed by atoms with Crippen molar-refractivity contribution in [1.82, 2.24) is 10.3 Å². The van der Waals surface area contributed by atoms with Gasteiger partial charge < -0.3 is 20.1 Å². The zero-order valence-electron chi connectivity index (χ0n) is 11.8. The average molecular weight is 287 g/mol. The molecule has 0 atom stereocenters. The quantitative estimate of drug-likeness (QED) is 0.892. The maximum Gasteiger partial charge on any atom is 0.221 e. The third-order valence-corrected chi connectivity index (χ3v) is 3.35. The van der Waals surface area contributed by atoms with Gasteiger partial charge in [0.1, 0.15) is 19.0 Å². The van der Waals surface area contributed by atoms with Gasteiger partial charge in [-0.2, -0.15) is 0 Å². The number of rotatable bonds is 4. The Balaban J connectivity index is 1.86. The molecular weight excluding hydrogens is 270 g/mol. The fourth-order valence-corrected chi connectivity index (χ4v) is 2.27. The van der Waals surface area contributed by atoms with Crippen LogP contribution in [0, 0.1) is 0 Å². The minimum Gasteiger partial charge on any atom is -0.486 e. The van der Waals surface area contributed by atoms with Crippen LogP contribution in [0.25, 0.3) is 10.8 Å². The average Bonchev–Trinajstić information content (AvgIpc) is 2.53. The Hall–Kier alpha value is -2.50. The van der Waals surface area contributed by atoms with Gasteiger partial charge in [0.15, 0.2) is 11.5 Å². The van der Waals surface area contributed by atoms with Crippen LogP contribution in [-0.4, -0.2) is 37.7 Å². The van der Waals surface area contributed by atoms with Crippen LogP contribution in [-0.2, 0) is 4.79 Å². The van der Waals surface area contributed by atoms with E-state index in [-0.39, 0.29) is 5.91 Å². The Morgan fingerprint density at radius 3 is 2.81 bits per heavy atom. The van der Waals surface area contributed by atoms with Crippen LogP contribution in [0.2, 0.25) is 0 Å². The van der Waals surface area contributed by atoms with E-state index in [0.717, 1.165) is 28.1 Å². The number of ether oxygens (including phenoxy) is 2. The molecule has 0 saturated carbocycles. The summed E-state index contributed by atoms with van der Waals surface area (Å²) in [6, 6.07) is 5.81. The van der Waals surface area contributed by atoms with Gasteiger partial charge in [-0.05, 0) is 23.6 Å². The number of hydrogen-bond acceptors (Lipinski definition) is 5. The minimum absolute atomic E-state index is 0.00292.